The summed E-state index contributed by atoms with van der Waals surface area (Å²) in [5.41, 5.74) is 7.97. The van der Waals surface area contributed by atoms with Gasteiger partial charge in [-0.05, 0) is 109 Å². The highest BCUT2D eigenvalue weighted by molar-refractivity contribution is 6.05. The van der Waals surface area contributed by atoms with Crippen molar-refractivity contribution in [2.24, 2.45) is 0 Å². The lowest BCUT2D eigenvalue weighted by Crippen LogP contribution is -2.14. The highest BCUT2D eigenvalue weighted by Crippen LogP contribution is 2.35. The fourth-order valence-corrected chi connectivity index (χ4v) is 9.15. The van der Waals surface area contributed by atoms with Crippen molar-refractivity contribution in [2.75, 3.05) is 0 Å². The zero-order valence-corrected chi connectivity index (χ0v) is 28.7. The Hall–Kier alpha value is -4.96. The average molecular weight is 657 g/mol. The number of para-hydroxylation sites is 2. The molecule has 5 aromatic carbocycles. The minimum Gasteiger partial charge on any atom is -0.309 e. The summed E-state index contributed by atoms with van der Waals surface area (Å²) in [5, 5.41) is 2.58. The minimum absolute atomic E-state index is 0.0142. The van der Waals surface area contributed by atoms with E-state index in [1.54, 1.807) is 0 Å². The Morgan fingerprint density at radius 1 is 0.380 bits per heavy atom. The molecular formula is C46H44N2O2. The summed E-state index contributed by atoms with van der Waals surface area (Å²) >= 11 is 0. The molecule has 2 aromatic heterocycles. The maximum Gasteiger partial charge on any atom is 0.197 e. The van der Waals surface area contributed by atoms with Crippen LogP contribution in [0.4, 0.5) is 0 Å². The molecule has 0 spiro atoms. The van der Waals surface area contributed by atoms with Crippen LogP contribution in [0.3, 0.4) is 0 Å². The molecule has 9 rings (SSSR count). The van der Waals surface area contributed by atoms with Crippen LogP contribution in [0.15, 0.2) is 119 Å². The molecule has 0 radical (unpaired) electrons. The maximum atomic E-state index is 14.4. The molecule has 50 heavy (non-hydrogen) atoms. The number of hydrogen-bond acceptors (Lipinski definition) is 2. The third-order valence-corrected chi connectivity index (χ3v) is 11.8. The normalized spacial score (nSPS) is 16.6. The monoisotopic (exact) mass is 656 g/mol. The molecule has 0 unspecified atom stereocenters. The molecule has 0 saturated heterocycles. The van der Waals surface area contributed by atoms with Crippen LogP contribution in [-0.4, -0.2) is 9.13 Å². The van der Waals surface area contributed by atoms with Crippen molar-refractivity contribution in [3.63, 3.8) is 0 Å². The smallest absolute Gasteiger partial charge is 0.197 e. The fourth-order valence-electron chi connectivity index (χ4n) is 9.15. The van der Waals surface area contributed by atoms with Crippen molar-refractivity contribution < 1.29 is 0 Å². The molecule has 2 aliphatic carbocycles. The lowest BCUT2D eigenvalue weighted by atomic mass is 9.91. The van der Waals surface area contributed by atoms with Crippen LogP contribution in [0.2, 0.25) is 0 Å². The Bertz CT molecular complexity index is 2290. The number of fused-ring (bicyclic) bond motifs is 4. The van der Waals surface area contributed by atoms with E-state index >= 15 is 0 Å². The molecule has 0 aliphatic heterocycles. The quantitative estimate of drug-likeness (QED) is 0.140. The zero-order chi connectivity index (χ0) is 33.6. The van der Waals surface area contributed by atoms with Crippen LogP contribution in [0.1, 0.15) is 100 Å². The van der Waals surface area contributed by atoms with Gasteiger partial charge in [-0.1, -0.05) is 99.9 Å². The molecule has 2 aliphatic rings. The SMILES string of the molecule is O=c1c2ccccc2n(-c2ccc(C3CCCCCC3)cc2)c2cc3c(=O)c4ccccc4n(-c4ccc(C5CCCCCC5)cc4)c3cc12. The molecule has 250 valence electrons. The lowest BCUT2D eigenvalue weighted by Gasteiger charge is -2.20. The summed E-state index contributed by atoms with van der Waals surface area (Å²) in [5.74, 6) is 1.21. The average Bonchev–Trinajstić information content (AvgIpc) is 3.62. The number of nitrogens with zero attached hydrogens (tertiary/aromatic N) is 2. The summed E-state index contributed by atoms with van der Waals surface area (Å²) < 4.78 is 4.37. The molecule has 2 saturated carbocycles. The molecule has 2 fully saturated rings. The number of hydrogen-bond donors (Lipinski definition) is 0. The molecule has 0 amide bonds. The van der Waals surface area contributed by atoms with Crippen LogP contribution in [0.25, 0.3) is 55.0 Å². The Morgan fingerprint density at radius 3 is 1.12 bits per heavy atom. The number of rotatable bonds is 4. The van der Waals surface area contributed by atoms with Crippen molar-refractivity contribution in [3.05, 3.63) is 141 Å². The van der Waals surface area contributed by atoms with E-state index in [9.17, 15) is 9.59 Å². The summed E-state index contributed by atoms with van der Waals surface area (Å²) in [6, 6.07) is 37.7. The molecule has 4 nitrogen and oxygen atoms in total. The molecule has 0 atom stereocenters. The Morgan fingerprint density at radius 2 is 0.740 bits per heavy atom. The van der Waals surface area contributed by atoms with E-state index in [2.05, 4.69) is 57.7 Å². The predicted molar refractivity (Wildman–Crippen MR) is 209 cm³/mol. The van der Waals surface area contributed by atoms with Gasteiger partial charge in [-0.2, -0.15) is 0 Å². The van der Waals surface area contributed by atoms with Crippen LogP contribution in [0, 0.1) is 0 Å². The number of aromatic nitrogens is 2. The molecular weight excluding hydrogens is 613 g/mol. The minimum atomic E-state index is -0.0142. The largest absolute Gasteiger partial charge is 0.309 e. The first-order valence-electron chi connectivity index (χ1n) is 18.9. The molecule has 0 bridgehead atoms. The molecule has 4 heteroatoms. The van der Waals surface area contributed by atoms with Gasteiger partial charge in [-0.3, -0.25) is 9.59 Å². The number of pyridine rings is 2. The second kappa shape index (κ2) is 13.1. The van der Waals surface area contributed by atoms with Crippen LogP contribution >= 0.6 is 0 Å². The van der Waals surface area contributed by atoms with Gasteiger partial charge in [0.1, 0.15) is 0 Å². The summed E-state index contributed by atoms with van der Waals surface area (Å²) in [4.78, 5) is 28.7. The Labute approximate surface area is 293 Å². The summed E-state index contributed by atoms with van der Waals surface area (Å²) in [7, 11) is 0. The first kappa shape index (κ1) is 31.1. The van der Waals surface area contributed by atoms with Crippen molar-refractivity contribution in [1.82, 2.24) is 9.13 Å². The van der Waals surface area contributed by atoms with Gasteiger partial charge in [-0.15, -0.1) is 0 Å². The second-order valence-electron chi connectivity index (χ2n) is 14.8. The van der Waals surface area contributed by atoms with E-state index in [-0.39, 0.29) is 10.9 Å². The van der Waals surface area contributed by atoms with E-state index < -0.39 is 0 Å². The molecule has 0 N–H and O–H groups in total. The molecule has 7 aromatic rings. The third-order valence-electron chi connectivity index (χ3n) is 11.8. The van der Waals surface area contributed by atoms with E-state index in [0.717, 1.165) is 33.4 Å². The van der Waals surface area contributed by atoms with E-state index in [1.165, 1.54) is 88.2 Å². The third kappa shape index (κ3) is 5.37. The van der Waals surface area contributed by atoms with Gasteiger partial charge in [0.2, 0.25) is 0 Å². The maximum absolute atomic E-state index is 14.4. The van der Waals surface area contributed by atoms with Crippen LogP contribution in [-0.2, 0) is 0 Å². The zero-order valence-electron chi connectivity index (χ0n) is 28.7. The van der Waals surface area contributed by atoms with Crippen molar-refractivity contribution >= 4 is 43.6 Å². The van der Waals surface area contributed by atoms with Crippen molar-refractivity contribution in [1.29, 1.82) is 0 Å². The highest BCUT2D eigenvalue weighted by atomic mass is 16.1. The highest BCUT2D eigenvalue weighted by Gasteiger charge is 2.20. The fraction of sp³-hybridized carbons (Fsp3) is 0.304. The van der Waals surface area contributed by atoms with E-state index in [1.807, 2.05) is 60.7 Å². The van der Waals surface area contributed by atoms with Crippen molar-refractivity contribution in [3.8, 4) is 11.4 Å². The Balaban J connectivity index is 1.27. The van der Waals surface area contributed by atoms with Gasteiger partial charge in [0, 0.05) is 32.9 Å². The first-order chi connectivity index (χ1) is 24.7. The van der Waals surface area contributed by atoms with Crippen molar-refractivity contribution in [2.45, 2.75) is 88.9 Å². The second-order valence-corrected chi connectivity index (χ2v) is 14.8. The predicted octanol–water partition coefficient (Wildman–Crippen LogP) is 11.5. The van der Waals surface area contributed by atoms with Crippen LogP contribution < -0.4 is 10.9 Å². The topological polar surface area (TPSA) is 44.0 Å². The lowest BCUT2D eigenvalue weighted by molar-refractivity contribution is 0.592. The number of benzene rings is 5. The van der Waals surface area contributed by atoms with Gasteiger partial charge in [0.15, 0.2) is 10.9 Å². The van der Waals surface area contributed by atoms with Crippen LogP contribution in [0.5, 0.6) is 0 Å². The first-order valence-corrected chi connectivity index (χ1v) is 18.9. The van der Waals surface area contributed by atoms with Gasteiger partial charge in [0.25, 0.3) is 0 Å². The summed E-state index contributed by atoms with van der Waals surface area (Å²) in [6.07, 6.45) is 15.5. The van der Waals surface area contributed by atoms with Gasteiger partial charge >= 0.3 is 0 Å². The standard InChI is InChI=1S/C46H44N2O2/c49-45-37-17-9-11-19-41(37)47(35-25-21-33(22-26-35)31-13-5-1-2-6-14-31)43-29-40-44(30-39(43)45)48(42-20-12-10-18-38(42)46(40)50)36-27-23-34(24-28-36)32-15-7-3-4-8-16-32/h9-12,17-32H,1-8,13-16H2. The van der Waals surface area contributed by atoms with Gasteiger partial charge in [0.05, 0.1) is 22.1 Å². The molecule has 2 heterocycles. The van der Waals surface area contributed by atoms with Gasteiger partial charge < -0.3 is 9.13 Å². The van der Waals surface area contributed by atoms with E-state index in [0.29, 0.717) is 33.4 Å². The Kier molecular flexibility index (Phi) is 8.11. The summed E-state index contributed by atoms with van der Waals surface area (Å²) in [6.45, 7) is 0. The van der Waals surface area contributed by atoms with E-state index in [4.69, 9.17) is 0 Å². The van der Waals surface area contributed by atoms with Gasteiger partial charge in [-0.25, -0.2) is 0 Å².